The first-order chi connectivity index (χ1) is 26.3. The second kappa shape index (κ2) is 11.1. The van der Waals surface area contributed by atoms with Gasteiger partial charge < -0.3 is 9.32 Å². The molecule has 0 N–H and O–H groups in total. The fourth-order valence-electron chi connectivity index (χ4n) is 9.77. The molecule has 0 unspecified atom stereocenters. The van der Waals surface area contributed by atoms with Crippen LogP contribution in [0.1, 0.15) is 49.9 Å². The van der Waals surface area contributed by atoms with Gasteiger partial charge in [0, 0.05) is 32.6 Å². The summed E-state index contributed by atoms with van der Waals surface area (Å²) in [7, 11) is 0. The van der Waals surface area contributed by atoms with E-state index in [1.807, 2.05) is 0 Å². The van der Waals surface area contributed by atoms with Crippen molar-refractivity contribution in [3.05, 3.63) is 186 Å². The number of anilines is 3. The zero-order valence-electron chi connectivity index (χ0n) is 30.9. The van der Waals surface area contributed by atoms with Crippen LogP contribution in [0.4, 0.5) is 17.1 Å². The predicted molar refractivity (Wildman–Crippen MR) is 226 cm³/mol. The fourth-order valence-corrected chi connectivity index (χ4v) is 9.77. The number of nitrogens with zero attached hydrogens (tertiary/aromatic N) is 1. The molecule has 1 heterocycles. The second-order valence-electron chi connectivity index (χ2n) is 16.1. The van der Waals surface area contributed by atoms with Gasteiger partial charge in [-0.3, -0.25) is 0 Å². The summed E-state index contributed by atoms with van der Waals surface area (Å²) < 4.78 is 6.80. The van der Waals surface area contributed by atoms with Crippen molar-refractivity contribution in [2.45, 2.75) is 38.5 Å². The smallest absolute Gasteiger partial charge is 0.159 e. The third kappa shape index (κ3) is 4.17. The third-order valence-electron chi connectivity index (χ3n) is 12.5. The Labute approximate surface area is 315 Å². The zero-order valence-corrected chi connectivity index (χ0v) is 30.9. The van der Waals surface area contributed by atoms with Crippen LogP contribution < -0.4 is 4.90 Å². The number of hydrogen-bond acceptors (Lipinski definition) is 2. The van der Waals surface area contributed by atoms with E-state index in [1.165, 1.54) is 60.8 Å². The van der Waals surface area contributed by atoms with Crippen LogP contribution in [0, 0.1) is 0 Å². The van der Waals surface area contributed by atoms with Gasteiger partial charge in [-0.25, -0.2) is 0 Å². The molecular formula is C52H39NO. The maximum Gasteiger partial charge on any atom is 0.159 e. The van der Waals surface area contributed by atoms with Gasteiger partial charge in [-0.2, -0.15) is 0 Å². The Hall–Kier alpha value is -6.38. The van der Waals surface area contributed by atoms with Gasteiger partial charge in [-0.1, -0.05) is 155 Å². The Bertz CT molecular complexity index is 3000. The number of furan rings is 1. The molecule has 0 fully saturated rings. The summed E-state index contributed by atoms with van der Waals surface area (Å²) in [5.41, 5.74) is 18.0. The van der Waals surface area contributed by atoms with E-state index in [1.54, 1.807) is 0 Å². The van der Waals surface area contributed by atoms with E-state index in [0.717, 1.165) is 44.6 Å². The van der Waals surface area contributed by atoms with Gasteiger partial charge in [0.1, 0.15) is 5.58 Å². The van der Waals surface area contributed by atoms with Crippen molar-refractivity contribution < 1.29 is 4.42 Å². The lowest BCUT2D eigenvalue weighted by molar-refractivity contribution is 0.652. The van der Waals surface area contributed by atoms with Gasteiger partial charge in [-0.15, -0.1) is 0 Å². The first-order valence-corrected chi connectivity index (χ1v) is 19.0. The Balaban J connectivity index is 1.23. The molecule has 0 saturated heterocycles. The molecule has 2 aliphatic carbocycles. The van der Waals surface area contributed by atoms with Crippen molar-refractivity contribution in [3.63, 3.8) is 0 Å². The Kier molecular flexibility index (Phi) is 6.39. The minimum Gasteiger partial charge on any atom is -0.454 e. The second-order valence-corrected chi connectivity index (χ2v) is 16.1. The van der Waals surface area contributed by atoms with Gasteiger partial charge in [0.15, 0.2) is 5.58 Å². The van der Waals surface area contributed by atoms with Crippen LogP contribution in [0.5, 0.6) is 0 Å². The van der Waals surface area contributed by atoms with Crippen LogP contribution in [0.15, 0.2) is 168 Å². The molecule has 11 rings (SSSR count). The minimum absolute atomic E-state index is 0.0766. The average molecular weight is 694 g/mol. The first-order valence-electron chi connectivity index (χ1n) is 19.0. The molecule has 0 bridgehead atoms. The molecule has 0 radical (unpaired) electrons. The van der Waals surface area contributed by atoms with E-state index in [0.29, 0.717) is 0 Å². The van der Waals surface area contributed by atoms with Crippen molar-refractivity contribution in [1.29, 1.82) is 0 Å². The van der Waals surface area contributed by atoms with Crippen LogP contribution in [-0.2, 0) is 10.8 Å². The standard InChI is InChI=1S/C52H39NO/c1-51(2)41-25-13-10-20-34(41)39-29-43-40(30-42(39)51)49-37-23-9-8-21-35(37)47(31-44(49)52(43,3)4)53(45-26-14-11-19-33(45)32-17-6-5-7-18-32)46-27-16-24-38-36-22-12-15-28-48(36)54-50(38)46/h5-31H,1-4H3. The van der Waals surface area contributed by atoms with Crippen LogP contribution in [0.25, 0.3) is 66.1 Å². The van der Waals surface area contributed by atoms with E-state index in [4.69, 9.17) is 4.42 Å². The van der Waals surface area contributed by atoms with E-state index in [-0.39, 0.29) is 10.8 Å². The van der Waals surface area contributed by atoms with Crippen LogP contribution >= 0.6 is 0 Å². The molecule has 54 heavy (non-hydrogen) atoms. The van der Waals surface area contributed by atoms with Gasteiger partial charge in [0.05, 0.1) is 17.1 Å². The molecule has 9 aromatic rings. The normalized spacial score (nSPS) is 14.6. The monoisotopic (exact) mass is 693 g/mol. The van der Waals surface area contributed by atoms with Gasteiger partial charge in [0.25, 0.3) is 0 Å². The molecule has 0 saturated carbocycles. The topological polar surface area (TPSA) is 16.4 Å². The molecule has 0 spiro atoms. The molecule has 0 amide bonds. The summed E-state index contributed by atoms with van der Waals surface area (Å²) in [4.78, 5) is 2.47. The maximum atomic E-state index is 6.80. The summed E-state index contributed by atoms with van der Waals surface area (Å²) in [6.45, 7) is 9.59. The SMILES string of the molecule is CC1(C)c2ccccc2-c2cc3c(cc21)-c1c(cc(N(c2ccccc2-c2ccccc2)c2cccc4c2oc2ccccc24)c2ccccc12)C3(C)C. The Morgan fingerprint density at radius 1 is 0.389 bits per heavy atom. The van der Waals surface area contributed by atoms with Crippen molar-refractivity contribution in [2.24, 2.45) is 0 Å². The molecule has 8 aromatic carbocycles. The number of fused-ring (bicyclic) bond motifs is 11. The molecule has 2 aliphatic rings. The summed E-state index contributed by atoms with van der Waals surface area (Å²) in [6, 6.07) is 60.1. The van der Waals surface area contributed by atoms with Gasteiger partial charge in [0.2, 0.25) is 0 Å². The summed E-state index contributed by atoms with van der Waals surface area (Å²) in [6.07, 6.45) is 0. The largest absolute Gasteiger partial charge is 0.454 e. The predicted octanol–water partition coefficient (Wildman–Crippen LogP) is 14.5. The molecule has 2 nitrogen and oxygen atoms in total. The lowest BCUT2D eigenvalue weighted by Crippen LogP contribution is -2.18. The molecule has 1 aromatic heterocycles. The zero-order chi connectivity index (χ0) is 36.3. The van der Waals surface area contributed by atoms with Crippen LogP contribution in [-0.4, -0.2) is 0 Å². The summed E-state index contributed by atoms with van der Waals surface area (Å²) in [5, 5.41) is 4.71. The highest BCUT2D eigenvalue weighted by atomic mass is 16.3. The fraction of sp³-hybridized carbons (Fsp3) is 0.115. The Morgan fingerprint density at radius 3 is 1.81 bits per heavy atom. The molecule has 0 aliphatic heterocycles. The van der Waals surface area contributed by atoms with Gasteiger partial charge in [-0.05, 0) is 91.9 Å². The van der Waals surface area contributed by atoms with Crippen molar-refractivity contribution in [2.75, 3.05) is 4.90 Å². The number of para-hydroxylation sites is 3. The van der Waals surface area contributed by atoms with E-state index < -0.39 is 0 Å². The number of benzene rings is 8. The first kappa shape index (κ1) is 31.2. The van der Waals surface area contributed by atoms with Crippen molar-refractivity contribution >= 4 is 49.8 Å². The highest BCUT2D eigenvalue weighted by Gasteiger charge is 2.43. The molecule has 258 valence electrons. The summed E-state index contributed by atoms with van der Waals surface area (Å²) >= 11 is 0. The van der Waals surface area contributed by atoms with E-state index in [9.17, 15) is 0 Å². The summed E-state index contributed by atoms with van der Waals surface area (Å²) in [5.74, 6) is 0. The molecular weight excluding hydrogens is 655 g/mol. The van der Waals surface area contributed by atoms with Crippen LogP contribution in [0.2, 0.25) is 0 Å². The average Bonchev–Trinajstić information content (AvgIpc) is 3.78. The number of hydrogen-bond donors (Lipinski definition) is 0. The van der Waals surface area contributed by atoms with E-state index in [2.05, 4.69) is 196 Å². The van der Waals surface area contributed by atoms with Crippen molar-refractivity contribution in [3.8, 4) is 33.4 Å². The number of rotatable bonds is 4. The highest BCUT2D eigenvalue weighted by Crippen LogP contribution is 2.59. The third-order valence-corrected chi connectivity index (χ3v) is 12.5. The van der Waals surface area contributed by atoms with Crippen LogP contribution in [0.3, 0.4) is 0 Å². The lowest BCUT2D eigenvalue weighted by Gasteiger charge is -2.31. The highest BCUT2D eigenvalue weighted by molar-refractivity contribution is 6.15. The molecule has 0 atom stereocenters. The van der Waals surface area contributed by atoms with Gasteiger partial charge >= 0.3 is 0 Å². The minimum atomic E-state index is -0.240. The van der Waals surface area contributed by atoms with E-state index >= 15 is 0 Å². The Morgan fingerprint density at radius 2 is 0.981 bits per heavy atom. The quantitative estimate of drug-likeness (QED) is 0.182. The maximum absolute atomic E-state index is 6.80. The molecule has 2 heteroatoms. The lowest BCUT2D eigenvalue weighted by atomic mass is 9.79. The van der Waals surface area contributed by atoms with Crippen molar-refractivity contribution in [1.82, 2.24) is 0 Å².